The third kappa shape index (κ3) is 4.38. The van der Waals surface area contributed by atoms with Gasteiger partial charge in [-0.15, -0.1) is 0 Å². The third-order valence-electron chi connectivity index (χ3n) is 2.57. The van der Waals surface area contributed by atoms with Gasteiger partial charge in [0.25, 0.3) is 0 Å². The van der Waals surface area contributed by atoms with E-state index in [0.29, 0.717) is 12.2 Å². The molecule has 2 N–H and O–H groups in total. The van der Waals surface area contributed by atoms with Gasteiger partial charge in [0, 0.05) is 12.2 Å². The van der Waals surface area contributed by atoms with Gasteiger partial charge in [0.05, 0.1) is 11.8 Å². The van der Waals surface area contributed by atoms with Gasteiger partial charge in [0.2, 0.25) is 0 Å². The maximum Gasteiger partial charge on any atom is 0.328 e. The predicted molar refractivity (Wildman–Crippen MR) is 60.9 cm³/mol. The van der Waals surface area contributed by atoms with Crippen molar-refractivity contribution in [3.63, 3.8) is 0 Å². The van der Waals surface area contributed by atoms with Gasteiger partial charge in [-0.2, -0.15) is 0 Å². The Hall–Kier alpha value is -2.44. The smallest absolute Gasteiger partial charge is 0.328 e. The first-order valence-electron chi connectivity index (χ1n) is 5.48. The van der Waals surface area contributed by atoms with Gasteiger partial charge in [-0.05, 0) is 12.8 Å². The number of carboxylic acid groups (broad SMARTS) is 2. The molecule has 1 aliphatic carbocycles. The highest BCUT2D eigenvalue weighted by atomic mass is 16.6. The van der Waals surface area contributed by atoms with Gasteiger partial charge in [0.1, 0.15) is 0 Å². The van der Waals surface area contributed by atoms with Crippen LogP contribution in [0.2, 0.25) is 0 Å². The molecule has 0 spiro atoms. The molecule has 0 radical (unpaired) electrons. The number of hydrogen-bond acceptors (Lipinski definition) is 5. The molecule has 102 valence electrons. The lowest BCUT2D eigenvalue weighted by molar-refractivity contribution is -0.153. The van der Waals surface area contributed by atoms with Gasteiger partial charge in [0.15, 0.2) is 0 Å². The van der Waals surface area contributed by atoms with E-state index in [9.17, 15) is 19.2 Å². The lowest BCUT2D eigenvalue weighted by Gasteiger charge is -2.12. The minimum Gasteiger partial charge on any atom is -0.478 e. The average Bonchev–Trinajstić information content (AvgIpc) is 2.64. The zero-order valence-electron chi connectivity index (χ0n) is 9.81. The van der Waals surface area contributed by atoms with Gasteiger partial charge in [-0.1, -0.05) is 12.2 Å². The van der Waals surface area contributed by atoms with Gasteiger partial charge in [-0.3, -0.25) is 9.59 Å². The van der Waals surface area contributed by atoms with Crippen LogP contribution in [-0.2, 0) is 23.9 Å². The summed E-state index contributed by atoms with van der Waals surface area (Å²) < 4.78 is 4.48. The molecule has 2 unspecified atom stereocenters. The fourth-order valence-corrected chi connectivity index (χ4v) is 1.73. The molecule has 0 aromatic rings. The summed E-state index contributed by atoms with van der Waals surface area (Å²) in [6.45, 7) is 0. The predicted octanol–water partition coefficient (Wildman–Crippen LogP) is 0.364. The molecule has 0 saturated carbocycles. The van der Waals surface area contributed by atoms with Crippen LogP contribution in [0.25, 0.3) is 0 Å². The highest BCUT2D eigenvalue weighted by molar-refractivity contribution is 5.97. The molecule has 1 heterocycles. The molecular weight excluding hydrogens is 256 g/mol. The molecule has 2 atom stereocenters. The van der Waals surface area contributed by atoms with Gasteiger partial charge >= 0.3 is 23.9 Å². The summed E-state index contributed by atoms with van der Waals surface area (Å²) in [7, 11) is 0. The molecule has 1 saturated heterocycles. The fourth-order valence-electron chi connectivity index (χ4n) is 1.73. The maximum absolute atomic E-state index is 10.9. The van der Waals surface area contributed by atoms with E-state index in [1.165, 1.54) is 0 Å². The number of carbonyl (C=O) groups excluding carboxylic acids is 2. The number of carboxylic acids is 2. The van der Waals surface area contributed by atoms with Gasteiger partial charge in [-0.25, -0.2) is 9.59 Å². The monoisotopic (exact) mass is 268 g/mol. The van der Waals surface area contributed by atoms with Crippen LogP contribution in [0.15, 0.2) is 24.3 Å². The molecule has 0 aromatic carbocycles. The van der Waals surface area contributed by atoms with Crippen LogP contribution in [0, 0.1) is 11.8 Å². The minimum absolute atomic E-state index is 0.188. The highest BCUT2D eigenvalue weighted by Gasteiger charge is 2.43. The number of esters is 2. The fraction of sp³-hybridized carbons (Fsp3) is 0.333. The Kier molecular flexibility index (Phi) is 4.99. The Morgan fingerprint density at radius 2 is 1.74 bits per heavy atom. The number of carbonyl (C=O) groups is 4. The molecule has 1 aliphatic heterocycles. The van der Waals surface area contributed by atoms with Crippen molar-refractivity contribution in [3.05, 3.63) is 24.3 Å². The van der Waals surface area contributed by atoms with Crippen LogP contribution in [0.3, 0.4) is 0 Å². The van der Waals surface area contributed by atoms with E-state index in [-0.39, 0.29) is 23.8 Å². The summed E-state index contributed by atoms with van der Waals surface area (Å²) in [6, 6.07) is 0. The summed E-state index contributed by atoms with van der Waals surface area (Å²) in [4.78, 5) is 41.0. The van der Waals surface area contributed by atoms with Crippen LogP contribution >= 0.6 is 0 Å². The number of rotatable bonds is 2. The van der Waals surface area contributed by atoms with E-state index in [1.807, 2.05) is 6.08 Å². The summed E-state index contributed by atoms with van der Waals surface area (Å²) in [5.74, 6) is -3.70. The third-order valence-corrected chi connectivity index (χ3v) is 2.57. The van der Waals surface area contributed by atoms with Crippen LogP contribution in [0.1, 0.15) is 12.8 Å². The zero-order chi connectivity index (χ0) is 14.4. The second-order valence-corrected chi connectivity index (χ2v) is 3.89. The molecule has 1 fully saturated rings. The highest BCUT2D eigenvalue weighted by Crippen LogP contribution is 2.32. The first-order chi connectivity index (χ1) is 8.91. The molecule has 19 heavy (non-hydrogen) atoms. The molecule has 2 rings (SSSR count). The van der Waals surface area contributed by atoms with E-state index in [0.717, 1.165) is 12.8 Å². The number of aliphatic carboxylic acids is 2. The van der Waals surface area contributed by atoms with Crippen molar-refractivity contribution in [1.82, 2.24) is 0 Å². The standard InChI is InChI=1S/C8H8O3.C4H4O4/c9-7-5-3-1-2-4-6(5)8(10)11-7;5-3(6)1-2-4(7)8/h1,3,5-6H,2,4H2;1-2H,(H,5,6)(H,7,8)/b;2-1-. The molecule has 7 heteroatoms. The van der Waals surface area contributed by atoms with Crippen molar-refractivity contribution in [1.29, 1.82) is 0 Å². The summed E-state index contributed by atoms with van der Waals surface area (Å²) in [5.41, 5.74) is 0. The van der Waals surface area contributed by atoms with Crippen LogP contribution in [0.5, 0.6) is 0 Å². The molecule has 0 aromatic heterocycles. The molecule has 2 aliphatic rings. The van der Waals surface area contributed by atoms with E-state index < -0.39 is 11.9 Å². The molecule has 0 amide bonds. The van der Waals surface area contributed by atoms with Crippen molar-refractivity contribution >= 4 is 23.9 Å². The van der Waals surface area contributed by atoms with Crippen LogP contribution < -0.4 is 0 Å². The quantitative estimate of drug-likeness (QED) is 0.321. The second kappa shape index (κ2) is 6.48. The summed E-state index contributed by atoms with van der Waals surface area (Å²) in [5, 5.41) is 15.6. The lowest BCUT2D eigenvalue weighted by atomic mass is 9.86. The number of fused-ring (bicyclic) bond motifs is 1. The topological polar surface area (TPSA) is 118 Å². The van der Waals surface area contributed by atoms with E-state index >= 15 is 0 Å². The first kappa shape index (κ1) is 14.6. The lowest BCUT2D eigenvalue weighted by Crippen LogP contribution is -2.17. The van der Waals surface area contributed by atoms with Crippen molar-refractivity contribution in [2.24, 2.45) is 11.8 Å². The van der Waals surface area contributed by atoms with Crippen molar-refractivity contribution in [2.45, 2.75) is 12.8 Å². The minimum atomic E-state index is -1.26. The Bertz CT molecular complexity index is 445. The Balaban J connectivity index is 0.000000203. The van der Waals surface area contributed by atoms with Crippen molar-refractivity contribution in [2.75, 3.05) is 0 Å². The molecular formula is C12H12O7. The second-order valence-electron chi connectivity index (χ2n) is 3.89. The largest absolute Gasteiger partial charge is 0.478 e. The summed E-state index contributed by atoms with van der Waals surface area (Å²) >= 11 is 0. The van der Waals surface area contributed by atoms with Crippen molar-refractivity contribution < 1.29 is 34.1 Å². The molecule has 7 nitrogen and oxygen atoms in total. The van der Waals surface area contributed by atoms with E-state index in [1.54, 1.807) is 6.08 Å². The number of cyclic esters (lactones) is 2. The Morgan fingerprint density at radius 1 is 1.16 bits per heavy atom. The normalized spacial score (nSPS) is 24.4. The molecule has 0 bridgehead atoms. The first-order valence-corrected chi connectivity index (χ1v) is 5.48. The van der Waals surface area contributed by atoms with Crippen LogP contribution in [-0.4, -0.2) is 34.1 Å². The average molecular weight is 268 g/mol. The SMILES string of the molecule is O=C(O)/C=C\C(=O)O.O=C1OC(=O)C2CCC=CC12. The van der Waals surface area contributed by atoms with Crippen LogP contribution in [0.4, 0.5) is 0 Å². The number of ether oxygens (including phenoxy) is 1. The van der Waals surface area contributed by atoms with E-state index in [4.69, 9.17) is 10.2 Å². The van der Waals surface area contributed by atoms with E-state index in [2.05, 4.69) is 4.74 Å². The number of hydrogen-bond donors (Lipinski definition) is 2. The zero-order valence-corrected chi connectivity index (χ0v) is 9.81. The Morgan fingerprint density at radius 3 is 2.21 bits per heavy atom. The summed E-state index contributed by atoms with van der Waals surface area (Å²) in [6.07, 6.45) is 6.46. The maximum atomic E-state index is 10.9. The van der Waals surface area contributed by atoms with Crippen molar-refractivity contribution in [3.8, 4) is 0 Å². The number of allylic oxidation sites excluding steroid dienone is 1. The van der Waals surface area contributed by atoms with Gasteiger partial charge < -0.3 is 14.9 Å². The Labute approximate surface area is 108 Å².